The molecule has 1 atom stereocenters. The molecule has 1 fully saturated rings. The number of amides is 1. The fourth-order valence-corrected chi connectivity index (χ4v) is 2.89. The van der Waals surface area contributed by atoms with Crippen LogP contribution in [0, 0.1) is 0 Å². The number of primary amides is 1. The number of piperidine rings is 1. The van der Waals surface area contributed by atoms with Gasteiger partial charge in [-0.25, -0.2) is 4.98 Å². The van der Waals surface area contributed by atoms with Gasteiger partial charge >= 0.3 is 0 Å². The highest BCUT2D eigenvalue weighted by Crippen LogP contribution is 2.32. The quantitative estimate of drug-likeness (QED) is 0.850. The number of nitrogens with zero attached hydrogens (tertiary/aromatic N) is 1. The van der Waals surface area contributed by atoms with Crippen molar-refractivity contribution in [3.63, 3.8) is 0 Å². The number of aromatic nitrogens is 1. The SMILES string of the molecule is CC(C)Oc1cc2c(O[C@@H]3CCCNC3)nccc2cc1C(N)=O.Cl. The summed E-state index contributed by atoms with van der Waals surface area (Å²) in [5, 5.41) is 5.00. The van der Waals surface area contributed by atoms with Gasteiger partial charge in [0.15, 0.2) is 0 Å². The van der Waals surface area contributed by atoms with Crippen LogP contribution in [-0.2, 0) is 0 Å². The van der Waals surface area contributed by atoms with Crippen molar-refractivity contribution in [2.24, 2.45) is 5.73 Å². The second-order valence-electron chi connectivity index (χ2n) is 6.30. The van der Waals surface area contributed by atoms with Crippen molar-refractivity contribution in [2.45, 2.75) is 38.9 Å². The van der Waals surface area contributed by atoms with Gasteiger partial charge in [-0.05, 0) is 56.8 Å². The third-order valence-electron chi connectivity index (χ3n) is 3.99. The van der Waals surface area contributed by atoms with Crippen LogP contribution in [0.5, 0.6) is 11.6 Å². The van der Waals surface area contributed by atoms with Gasteiger partial charge in [0.1, 0.15) is 11.9 Å². The molecule has 7 heteroatoms. The summed E-state index contributed by atoms with van der Waals surface area (Å²) in [6.45, 7) is 5.65. The number of pyridine rings is 1. The number of hydrogen-bond donors (Lipinski definition) is 2. The van der Waals surface area contributed by atoms with Gasteiger partial charge in [0, 0.05) is 18.1 Å². The van der Waals surface area contributed by atoms with Crippen molar-refractivity contribution in [3.05, 3.63) is 30.0 Å². The summed E-state index contributed by atoms with van der Waals surface area (Å²) >= 11 is 0. The molecule has 0 aliphatic carbocycles. The van der Waals surface area contributed by atoms with Gasteiger partial charge in [0.2, 0.25) is 5.88 Å². The minimum absolute atomic E-state index is 0. The first-order chi connectivity index (χ1) is 11.5. The van der Waals surface area contributed by atoms with Crippen molar-refractivity contribution in [2.75, 3.05) is 13.1 Å². The van der Waals surface area contributed by atoms with E-state index in [1.807, 2.05) is 19.9 Å². The molecule has 3 rings (SSSR count). The molecule has 0 saturated carbocycles. The molecular formula is C18H24ClN3O3. The van der Waals surface area contributed by atoms with E-state index in [1.165, 1.54) is 0 Å². The third kappa shape index (κ3) is 4.52. The van der Waals surface area contributed by atoms with Gasteiger partial charge in [-0.2, -0.15) is 0 Å². The first kappa shape index (κ1) is 19.3. The van der Waals surface area contributed by atoms with E-state index in [2.05, 4.69) is 10.3 Å². The Labute approximate surface area is 153 Å². The van der Waals surface area contributed by atoms with Crippen LogP contribution in [0.1, 0.15) is 37.0 Å². The maximum absolute atomic E-state index is 11.7. The van der Waals surface area contributed by atoms with Gasteiger partial charge < -0.3 is 20.5 Å². The third-order valence-corrected chi connectivity index (χ3v) is 3.99. The second-order valence-corrected chi connectivity index (χ2v) is 6.30. The molecule has 1 aliphatic heterocycles. The number of benzene rings is 1. The predicted molar refractivity (Wildman–Crippen MR) is 99.8 cm³/mol. The predicted octanol–water partition coefficient (Wildman–Crippen LogP) is 2.67. The number of nitrogens with two attached hydrogens (primary N) is 1. The summed E-state index contributed by atoms with van der Waals surface area (Å²) in [5.74, 6) is 0.513. The van der Waals surface area contributed by atoms with E-state index >= 15 is 0 Å². The van der Waals surface area contributed by atoms with Crippen LogP contribution in [0.25, 0.3) is 10.8 Å². The van der Waals surface area contributed by atoms with E-state index in [-0.39, 0.29) is 24.6 Å². The molecule has 1 amide bonds. The maximum atomic E-state index is 11.7. The Morgan fingerprint density at radius 1 is 1.40 bits per heavy atom. The highest BCUT2D eigenvalue weighted by atomic mass is 35.5. The van der Waals surface area contributed by atoms with Crippen molar-refractivity contribution >= 4 is 29.1 Å². The largest absolute Gasteiger partial charge is 0.490 e. The molecule has 1 aromatic carbocycles. The van der Waals surface area contributed by atoms with Gasteiger partial charge in [0.25, 0.3) is 5.91 Å². The molecule has 0 unspecified atom stereocenters. The lowest BCUT2D eigenvalue weighted by molar-refractivity contribution is 0.0994. The van der Waals surface area contributed by atoms with E-state index in [1.54, 1.807) is 18.3 Å². The van der Waals surface area contributed by atoms with E-state index in [9.17, 15) is 4.79 Å². The average Bonchev–Trinajstić information content (AvgIpc) is 2.55. The Hall–Kier alpha value is -2.05. The van der Waals surface area contributed by atoms with Crippen LogP contribution < -0.4 is 20.5 Å². The number of hydrogen-bond acceptors (Lipinski definition) is 5. The first-order valence-electron chi connectivity index (χ1n) is 8.31. The number of rotatable bonds is 5. The van der Waals surface area contributed by atoms with Crippen molar-refractivity contribution in [1.29, 1.82) is 0 Å². The average molecular weight is 366 g/mol. The topological polar surface area (TPSA) is 86.5 Å². The van der Waals surface area contributed by atoms with E-state index in [0.29, 0.717) is 17.2 Å². The van der Waals surface area contributed by atoms with E-state index in [0.717, 1.165) is 36.7 Å². The number of ether oxygens (including phenoxy) is 2. The van der Waals surface area contributed by atoms with Crippen LogP contribution in [0.15, 0.2) is 24.4 Å². The Morgan fingerprint density at radius 3 is 2.84 bits per heavy atom. The lowest BCUT2D eigenvalue weighted by Gasteiger charge is -2.24. The van der Waals surface area contributed by atoms with Crippen LogP contribution in [-0.4, -0.2) is 36.2 Å². The molecule has 0 bridgehead atoms. The maximum Gasteiger partial charge on any atom is 0.252 e. The Bertz CT molecular complexity index is 746. The highest BCUT2D eigenvalue weighted by Gasteiger charge is 2.19. The normalized spacial score (nSPS) is 17.2. The number of nitrogens with one attached hydrogen (secondary N) is 1. The minimum atomic E-state index is -0.511. The molecule has 2 heterocycles. The smallest absolute Gasteiger partial charge is 0.252 e. The van der Waals surface area contributed by atoms with Crippen LogP contribution in [0.4, 0.5) is 0 Å². The molecule has 3 N–H and O–H groups in total. The Balaban J connectivity index is 0.00000225. The number of carbonyl (C=O) groups excluding carboxylic acids is 1. The van der Waals surface area contributed by atoms with E-state index < -0.39 is 5.91 Å². The zero-order chi connectivity index (χ0) is 17.1. The fourth-order valence-electron chi connectivity index (χ4n) is 2.89. The molecule has 0 radical (unpaired) electrons. The fraction of sp³-hybridized carbons (Fsp3) is 0.444. The zero-order valence-corrected chi connectivity index (χ0v) is 15.3. The monoisotopic (exact) mass is 365 g/mol. The lowest BCUT2D eigenvalue weighted by Crippen LogP contribution is -2.37. The molecule has 1 aromatic heterocycles. The van der Waals surface area contributed by atoms with Crippen LogP contribution >= 0.6 is 12.4 Å². The number of fused-ring (bicyclic) bond motifs is 1. The lowest BCUT2D eigenvalue weighted by atomic mass is 10.1. The molecule has 136 valence electrons. The zero-order valence-electron chi connectivity index (χ0n) is 14.5. The van der Waals surface area contributed by atoms with Gasteiger partial charge in [-0.3, -0.25) is 4.79 Å². The van der Waals surface area contributed by atoms with Crippen molar-refractivity contribution in [1.82, 2.24) is 10.3 Å². The minimum Gasteiger partial charge on any atom is -0.490 e. The number of carbonyl (C=O) groups is 1. The van der Waals surface area contributed by atoms with Gasteiger partial charge in [0.05, 0.1) is 11.7 Å². The summed E-state index contributed by atoms with van der Waals surface area (Å²) < 4.78 is 11.8. The first-order valence-corrected chi connectivity index (χ1v) is 8.31. The van der Waals surface area contributed by atoms with Gasteiger partial charge in [-0.1, -0.05) is 0 Å². The molecule has 0 spiro atoms. The second kappa shape index (κ2) is 8.36. The summed E-state index contributed by atoms with van der Waals surface area (Å²) in [7, 11) is 0. The Morgan fingerprint density at radius 2 is 2.20 bits per heavy atom. The summed E-state index contributed by atoms with van der Waals surface area (Å²) in [5.41, 5.74) is 5.86. The molecular weight excluding hydrogens is 342 g/mol. The summed E-state index contributed by atoms with van der Waals surface area (Å²) in [4.78, 5) is 16.1. The Kier molecular flexibility index (Phi) is 6.45. The van der Waals surface area contributed by atoms with Gasteiger partial charge in [-0.15, -0.1) is 12.4 Å². The van der Waals surface area contributed by atoms with Crippen molar-refractivity contribution < 1.29 is 14.3 Å². The summed E-state index contributed by atoms with van der Waals surface area (Å²) in [6, 6.07) is 5.38. The molecule has 1 aliphatic rings. The molecule has 2 aromatic rings. The van der Waals surface area contributed by atoms with Crippen molar-refractivity contribution in [3.8, 4) is 11.6 Å². The molecule has 25 heavy (non-hydrogen) atoms. The van der Waals surface area contributed by atoms with E-state index in [4.69, 9.17) is 15.2 Å². The van der Waals surface area contributed by atoms with Crippen LogP contribution in [0.3, 0.4) is 0 Å². The highest BCUT2D eigenvalue weighted by molar-refractivity contribution is 6.01. The van der Waals surface area contributed by atoms with Crippen LogP contribution in [0.2, 0.25) is 0 Å². The molecule has 6 nitrogen and oxygen atoms in total. The number of halogens is 1. The standard InChI is InChI=1S/C18H23N3O3.ClH/c1-11(2)23-16-9-14-12(8-15(16)17(19)22)5-7-21-18(14)24-13-4-3-6-20-10-13;/h5,7-9,11,13,20H,3-4,6,10H2,1-2H3,(H2,19,22);1H/t13-;/m1./s1. The molecule has 1 saturated heterocycles. The summed E-state index contributed by atoms with van der Waals surface area (Å²) in [6.07, 6.45) is 3.80.